The molecule has 96 valence electrons. The Labute approximate surface area is 117 Å². The molecule has 0 atom stereocenters. The Hall–Kier alpha value is 0.1000. The van der Waals surface area contributed by atoms with Gasteiger partial charge in [0.15, 0.2) is 0 Å². The molecular formula is C13H21BrN2S. The van der Waals surface area contributed by atoms with Crippen LogP contribution >= 0.6 is 27.3 Å². The van der Waals surface area contributed by atoms with Gasteiger partial charge in [0, 0.05) is 22.4 Å². The average molecular weight is 317 g/mol. The molecule has 0 bridgehead atoms. The van der Waals surface area contributed by atoms with Gasteiger partial charge in [0.2, 0.25) is 0 Å². The lowest BCUT2D eigenvalue weighted by Crippen LogP contribution is -2.35. The number of nitrogens with one attached hydrogen (secondary N) is 1. The monoisotopic (exact) mass is 316 g/mol. The SMILES string of the molecule is CCN(Cc1sccc1Br)CC1CCNCC1. The largest absolute Gasteiger partial charge is 0.317 e. The summed E-state index contributed by atoms with van der Waals surface area (Å²) in [5, 5.41) is 5.60. The van der Waals surface area contributed by atoms with Crippen molar-refractivity contribution in [1.29, 1.82) is 0 Å². The number of thiophene rings is 1. The van der Waals surface area contributed by atoms with Crippen molar-refractivity contribution in [2.75, 3.05) is 26.2 Å². The van der Waals surface area contributed by atoms with Gasteiger partial charge in [-0.3, -0.25) is 4.90 Å². The first-order chi connectivity index (χ1) is 8.29. The highest BCUT2D eigenvalue weighted by Gasteiger charge is 2.17. The Morgan fingerprint density at radius 1 is 1.47 bits per heavy atom. The van der Waals surface area contributed by atoms with E-state index in [1.165, 1.54) is 41.8 Å². The van der Waals surface area contributed by atoms with Crippen molar-refractivity contribution < 1.29 is 0 Å². The van der Waals surface area contributed by atoms with E-state index in [9.17, 15) is 0 Å². The molecule has 0 aromatic carbocycles. The predicted octanol–water partition coefficient (Wildman–Crippen LogP) is 3.33. The zero-order valence-corrected chi connectivity index (χ0v) is 12.8. The topological polar surface area (TPSA) is 15.3 Å². The van der Waals surface area contributed by atoms with E-state index >= 15 is 0 Å². The molecule has 2 rings (SSSR count). The summed E-state index contributed by atoms with van der Waals surface area (Å²) in [6.45, 7) is 8.16. The molecule has 0 saturated carbocycles. The van der Waals surface area contributed by atoms with Gasteiger partial charge in [-0.2, -0.15) is 0 Å². The highest BCUT2D eigenvalue weighted by atomic mass is 79.9. The second-order valence-corrected chi connectivity index (χ2v) is 6.57. The van der Waals surface area contributed by atoms with Gasteiger partial charge in [-0.05, 0) is 65.8 Å². The minimum absolute atomic E-state index is 0.884. The molecule has 1 fully saturated rings. The molecule has 0 amide bonds. The van der Waals surface area contributed by atoms with E-state index in [2.05, 4.69) is 44.5 Å². The number of piperidine rings is 1. The van der Waals surface area contributed by atoms with Crippen LogP contribution in [0.15, 0.2) is 15.9 Å². The first-order valence-corrected chi connectivity index (χ1v) is 8.11. The third-order valence-electron chi connectivity index (χ3n) is 3.48. The van der Waals surface area contributed by atoms with Gasteiger partial charge < -0.3 is 5.32 Å². The second kappa shape index (κ2) is 6.88. The molecule has 17 heavy (non-hydrogen) atoms. The molecule has 0 unspecified atom stereocenters. The number of nitrogens with zero attached hydrogens (tertiary/aromatic N) is 1. The van der Waals surface area contributed by atoms with E-state index in [1.807, 2.05) is 11.3 Å². The van der Waals surface area contributed by atoms with Crippen LogP contribution in [0.2, 0.25) is 0 Å². The maximum atomic E-state index is 3.62. The van der Waals surface area contributed by atoms with Gasteiger partial charge in [-0.25, -0.2) is 0 Å². The first kappa shape index (κ1) is 13.5. The predicted molar refractivity (Wildman–Crippen MR) is 78.6 cm³/mol. The average Bonchev–Trinajstić information content (AvgIpc) is 2.75. The highest BCUT2D eigenvalue weighted by molar-refractivity contribution is 9.10. The minimum atomic E-state index is 0.884. The number of halogens is 1. The van der Waals surface area contributed by atoms with Crippen LogP contribution in [0.25, 0.3) is 0 Å². The zero-order valence-electron chi connectivity index (χ0n) is 10.4. The lowest BCUT2D eigenvalue weighted by molar-refractivity contribution is 0.208. The number of hydrogen-bond donors (Lipinski definition) is 1. The lowest BCUT2D eigenvalue weighted by atomic mass is 9.97. The Balaban J connectivity index is 1.85. The fourth-order valence-electron chi connectivity index (χ4n) is 2.38. The summed E-state index contributed by atoms with van der Waals surface area (Å²) in [4.78, 5) is 4.04. The molecule has 1 saturated heterocycles. The highest BCUT2D eigenvalue weighted by Crippen LogP contribution is 2.25. The maximum Gasteiger partial charge on any atom is 0.0339 e. The van der Waals surface area contributed by atoms with Crippen LogP contribution < -0.4 is 5.32 Å². The molecule has 1 aliphatic heterocycles. The first-order valence-electron chi connectivity index (χ1n) is 6.44. The van der Waals surface area contributed by atoms with Gasteiger partial charge in [0.25, 0.3) is 0 Å². The van der Waals surface area contributed by atoms with E-state index in [1.54, 1.807) is 0 Å². The van der Waals surface area contributed by atoms with Crippen LogP contribution in [0.4, 0.5) is 0 Å². The number of rotatable bonds is 5. The van der Waals surface area contributed by atoms with Gasteiger partial charge >= 0.3 is 0 Å². The van der Waals surface area contributed by atoms with Crippen LogP contribution in [-0.2, 0) is 6.54 Å². The van der Waals surface area contributed by atoms with Gasteiger partial charge in [0.1, 0.15) is 0 Å². The summed E-state index contributed by atoms with van der Waals surface area (Å²) in [6.07, 6.45) is 2.67. The molecule has 0 spiro atoms. The van der Waals surface area contributed by atoms with Gasteiger partial charge in [0.05, 0.1) is 0 Å². The van der Waals surface area contributed by atoms with E-state index in [0.717, 1.165) is 19.0 Å². The summed E-state index contributed by atoms with van der Waals surface area (Å²) >= 11 is 5.48. The summed E-state index contributed by atoms with van der Waals surface area (Å²) in [7, 11) is 0. The molecule has 2 heterocycles. The molecule has 1 N–H and O–H groups in total. The zero-order chi connectivity index (χ0) is 12.1. The van der Waals surface area contributed by atoms with Crippen LogP contribution in [0, 0.1) is 5.92 Å². The molecule has 0 aliphatic carbocycles. The Morgan fingerprint density at radius 2 is 2.24 bits per heavy atom. The Morgan fingerprint density at radius 3 is 2.82 bits per heavy atom. The van der Waals surface area contributed by atoms with E-state index in [0.29, 0.717) is 0 Å². The van der Waals surface area contributed by atoms with Crippen LogP contribution in [-0.4, -0.2) is 31.1 Å². The molecule has 0 radical (unpaired) electrons. The Bertz CT molecular complexity index is 334. The number of hydrogen-bond acceptors (Lipinski definition) is 3. The van der Waals surface area contributed by atoms with E-state index in [-0.39, 0.29) is 0 Å². The van der Waals surface area contributed by atoms with Crippen molar-refractivity contribution in [3.8, 4) is 0 Å². The molecule has 4 heteroatoms. The quantitative estimate of drug-likeness (QED) is 0.896. The van der Waals surface area contributed by atoms with Crippen molar-refractivity contribution in [2.45, 2.75) is 26.3 Å². The normalized spacial score (nSPS) is 17.8. The third-order valence-corrected chi connectivity index (χ3v) is 5.39. The van der Waals surface area contributed by atoms with E-state index in [4.69, 9.17) is 0 Å². The molecule has 2 nitrogen and oxygen atoms in total. The summed E-state index contributed by atoms with van der Waals surface area (Å²) in [5.41, 5.74) is 0. The summed E-state index contributed by atoms with van der Waals surface area (Å²) < 4.78 is 1.27. The molecule has 1 aliphatic rings. The summed E-state index contributed by atoms with van der Waals surface area (Å²) in [6, 6.07) is 2.15. The van der Waals surface area contributed by atoms with Gasteiger partial charge in [-0.1, -0.05) is 6.92 Å². The fourth-order valence-corrected chi connectivity index (χ4v) is 3.89. The maximum absolute atomic E-state index is 3.62. The van der Waals surface area contributed by atoms with Crippen molar-refractivity contribution >= 4 is 27.3 Å². The second-order valence-electron chi connectivity index (χ2n) is 4.71. The van der Waals surface area contributed by atoms with Crippen LogP contribution in [0.5, 0.6) is 0 Å². The van der Waals surface area contributed by atoms with Crippen molar-refractivity contribution in [2.24, 2.45) is 5.92 Å². The molecule has 1 aromatic heterocycles. The standard InChI is InChI=1S/C13H21BrN2S/c1-2-16(9-11-3-6-15-7-4-11)10-13-12(14)5-8-17-13/h5,8,11,15H,2-4,6-7,9-10H2,1H3. The van der Waals surface area contributed by atoms with Crippen LogP contribution in [0.1, 0.15) is 24.6 Å². The Kier molecular flexibility index (Phi) is 5.48. The lowest BCUT2D eigenvalue weighted by Gasteiger charge is -2.29. The molecule has 1 aromatic rings. The van der Waals surface area contributed by atoms with Crippen LogP contribution in [0.3, 0.4) is 0 Å². The smallest absolute Gasteiger partial charge is 0.0339 e. The van der Waals surface area contributed by atoms with E-state index < -0.39 is 0 Å². The van der Waals surface area contributed by atoms with Crippen molar-refractivity contribution in [1.82, 2.24) is 10.2 Å². The van der Waals surface area contributed by atoms with Crippen molar-refractivity contribution in [3.63, 3.8) is 0 Å². The minimum Gasteiger partial charge on any atom is -0.317 e. The fraction of sp³-hybridized carbons (Fsp3) is 0.692. The van der Waals surface area contributed by atoms with Gasteiger partial charge in [-0.15, -0.1) is 11.3 Å². The third kappa shape index (κ3) is 4.05. The van der Waals surface area contributed by atoms with Crippen molar-refractivity contribution in [3.05, 3.63) is 20.8 Å². The summed E-state index contributed by atoms with van der Waals surface area (Å²) in [5.74, 6) is 0.884. The molecular weight excluding hydrogens is 296 g/mol.